The van der Waals surface area contributed by atoms with Crippen LogP contribution in [0.1, 0.15) is 17.3 Å². The maximum absolute atomic E-state index is 12.1. The Morgan fingerprint density at radius 3 is 2.57 bits per heavy atom. The number of aliphatic hydroxyl groups excluding tert-OH is 1. The molecule has 0 aliphatic rings. The number of amides is 1. The van der Waals surface area contributed by atoms with E-state index >= 15 is 0 Å². The van der Waals surface area contributed by atoms with Crippen molar-refractivity contribution < 1.29 is 23.2 Å². The van der Waals surface area contributed by atoms with Gasteiger partial charge in [-0.3, -0.25) is 14.9 Å². The Morgan fingerprint density at radius 2 is 2.10 bits per heavy atom. The molecule has 1 atom stereocenters. The lowest BCUT2D eigenvalue weighted by molar-refractivity contribution is -0.385. The average molecular weight is 317 g/mol. The summed E-state index contributed by atoms with van der Waals surface area (Å²) in [6.07, 6.45) is -0.943. The maximum Gasteiger partial charge on any atom is 0.283 e. The van der Waals surface area contributed by atoms with Crippen molar-refractivity contribution in [2.45, 2.75) is 17.9 Å². The third kappa shape index (κ3) is 3.97. The number of hydrogen-bond donors (Lipinski definition) is 3. The van der Waals surface area contributed by atoms with Gasteiger partial charge in [-0.25, -0.2) is 13.1 Å². The largest absolute Gasteiger partial charge is 0.392 e. The molecule has 0 saturated carbocycles. The summed E-state index contributed by atoms with van der Waals surface area (Å²) in [5.41, 5.74) is -1.17. The summed E-state index contributed by atoms with van der Waals surface area (Å²) >= 11 is 0. The third-order valence-electron chi connectivity index (χ3n) is 2.51. The van der Waals surface area contributed by atoms with E-state index in [2.05, 4.69) is 10.0 Å². The average Bonchev–Trinajstić information content (AvgIpc) is 2.43. The molecule has 9 nitrogen and oxygen atoms in total. The number of aliphatic hydroxyl groups is 1. The van der Waals surface area contributed by atoms with E-state index in [-0.39, 0.29) is 6.54 Å². The number of nitrogens with one attached hydrogen (secondary N) is 2. The van der Waals surface area contributed by atoms with Crippen molar-refractivity contribution in [2.24, 2.45) is 0 Å². The molecule has 3 N–H and O–H groups in total. The van der Waals surface area contributed by atoms with Gasteiger partial charge in [-0.2, -0.15) is 0 Å². The van der Waals surface area contributed by atoms with Crippen LogP contribution in [0.3, 0.4) is 0 Å². The fraction of sp³-hybridized carbons (Fsp3) is 0.364. The highest BCUT2D eigenvalue weighted by molar-refractivity contribution is 7.89. The first kappa shape index (κ1) is 17.0. The zero-order valence-electron chi connectivity index (χ0n) is 11.4. The van der Waals surface area contributed by atoms with Gasteiger partial charge >= 0.3 is 0 Å². The van der Waals surface area contributed by atoms with Gasteiger partial charge in [-0.05, 0) is 13.0 Å². The number of benzene rings is 1. The predicted octanol–water partition coefficient (Wildman–Crippen LogP) is -0.387. The topological polar surface area (TPSA) is 139 Å². The second-order valence-corrected chi connectivity index (χ2v) is 5.92. The summed E-state index contributed by atoms with van der Waals surface area (Å²) in [6.45, 7) is 1.09. The molecule has 10 heteroatoms. The number of hydrogen-bond acceptors (Lipinski definition) is 6. The van der Waals surface area contributed by atoms with Crippen LogP contribution in [0.25, 0.3) is 0 Å². The summed E-state index contributed by atoms with van der Waals surface area (Å²) < 4.78 is 26.3. The molecule has 0 radical (unpaired) electrons. The summed E-state index contributed by atoms with van der Waals surface area (Å²) in [5.74, 6) is -0.889. The monoisotopic (exact) mass is 317 g/mol. The molecule has 116 valence electrons. The molecule has 1 rings (SSSR count). The minimum absolute atomic E-state index is 0.280. The SMILES string of the molecule is CNC(=O)c1c([N+](=O)[O-])cccc1S(=O)(=O)NCC(C)O. The molecule has 21 heavy (non-hydrogen) atoms. The molecule has 0 heterocycles. The number of nitrogens with zero attached hydrogens (tertiary/aromatic N) is 1. The highest BCUT2D eigenvalue weighted by atomic mass is 32.2. The van der Waals surface area contributed by atoms with E-state index in [9.17, 15) is 23.3 Å². The van der Waals surface area contributed by atoms with Crippen LogP contribution >= 0.6 is 0 Å². The van der Waals surface area contributed by atoms with Gasteiger partial charge in [0.2, 0.25) is 10.0 Å². The molecular weight excluding hydrogens is 302 g/mol. The van der Waals surface area contributed by atoms with E-state index in [1.54, 1.807) is 0 Å². The maximum atomic E-state index is 12.1. The predicted molar refractivity (Wildman–Crippen MR) is 73.4 cm³/mol. The minimum Gasteiger partial charge on any atom is -0.392 e. The molecule has 1 aromatic rings. The Balaban J connectivity index is 3.45. The van der Waals surface area contributed by atoms with E-state index in [0.717, 1.165) is 12.1 Å². The van der Waals surface area contributed by atoms with Crippen molar-refractivity contribution in [3.63, 3.8) is 0 Å². The lowest BCUT2D eigenvalue weighted by Crippen LogP contribution is -2.32. The van der Waals surface area contributed by atoms with Gasteiger partial charge in [0, 0.05) is 19.7 Å². The van der Waals surface area contributed by atoms with Crippen LogP contribution in [0.15, 0.2) is 23.1 Å². The molecule has 0 saturated heterocycles. The third-order valence-corrected chi connectivity index (χ3v) is 3.98. The molecule has 1 unspecified atom stereocenters. The Kier molecular flexibility index (Phi) is 5.35. The number of carbonyl (C=O) groups is 1. The fourth-order valence-electron chi connectivity index (χ4n) is 1.56. The first-order valence-electron chi connectivity index (χ1n) is 5.88. The van der Waals surface area contributed by atoms with Crippen LogP contribution in [0.5, 0.6) is 0 Å². The molecule has 1 amide bonds. The van der Waals surface area contributed by atoms with Gasteiger partial charge in [0.05, 0.1) is 11.0 Å². The van der Waals surface area contributed by atoms with Gasteiger partial charge < -0.3 is 10.4 Å². The van der Waals surface area contributed by atoms with Gasteiger partial charge in [-0.15, -0.1) is 0 Å². The van der Waals surface area contributed by atoms with Crippen molar-refractivity contribution in [3.05, 3.63) is 33.9 Å². The Labute approximate surface area is 121 Å². The van der Waals surface area contributed by atoms with Crippen LogP contribution in [-0.2, 0) is 10.0 Å². The highest BCUT2D eigenvalue weighted by Gasteiger charge is 2.29. The minimum atomic E-state index is -4.17. The Bertz CT molecular complexity index is 656. The van der Waals surface area contributed by atoms with E-state index in [0.29, 0.717) is 0 Å². The molecule has 0 bridgehead atoms. The standard InChI is InChI=1S/C11H15N3O6S/c1-7(15)6-13-21(19,20)9-5-3-4-8(14(17)18)10(9)11(16)12-2/h3-5,7,13,15H,6H2,1-2H3,(H,12,16). The molecule has 0 spiro atoms. The van der Waals surface area contributed by atoms with Crippen molar-refractivity contribution in [3.8, 4) is 0 Å². The van der Waals surface area contributed by atoms with Crippen LogP contribution in [0.4, 0.5) is 5.69 Å². The van der Waals surface area contributed by atoms with Crippen LogP contribution < -0.4 is 10.0 Å². The smallest absolute Gasteiger partial charge is 0.283 e. The summed E-state index contributed by atoms with van der Waals surface area (Å²) in [5, 5.41) is 22.2. The number of carbonyl (C=O) groups excluding carboxylic acids is 1. The first-order valence-corrected chi connectivity index (χ1v) is 7.36. The van der Waals surface area contributed by atoms with Crippen LogP contribution in [0.2, 0.25) is 0 Å². The highest BCUT2D eigenvalue weighted by Crippen LogP contribution is 2.25. The van der Waals surface area contributed by atoms with Crippen molar-refractivity contribution in [1.82, 2.24) is 10.0 Å². The Hall–Kier alpha value is -2.04. The molecule has 0 aliphatic carbocycles. The number of nitro groups is 1. The number of sulfonamides is 1. The van der Waals surface area contributed by atoms with Gasteiger partial charge in [0.25, 0.3) is 11.6 Å². The molecule has 0 fully saturated rings. The molecular formula is C11H15N3O6S. The van der Waals surface area contributed by atoms with Crippen molar-refractivity contribution in [1.29, 1.82) is 0 Å². The van der Waals surface area contributed by atoms with Crippen LogP contribution in [-0.4, -0.2) is 44.1 Å². The zero-order chi connectivity index (χ0) is 16.2. The van der Waals surface area contributed by atoms with E-state index < -0.39 is 43.1 Å². The first-order chi connectivity index (χ1) is 9.70. The van der Waals surface area contributed by atoms with Gasteiger partial charge in [-0.1, -0.05) is 6.07 Å². The van der Waals surface area contributed by atoms with Crippen molar-refractivity contribution >= 4 is 21.6 Å². The van der Waals surface area contributed by atoms with E-state index in [1.165, 1.54) is 20.0 Å². The van der Waals surface area contributed by atoms with Gasteiger partial charge in [0.1, 0.15) is 10.5 Å². The van der Waals surface area contributed by atoms with Crippen LogP contribution in [0, 0.1) is 10.1 Å². The second kappa shape index (κ2) is 6.61. The summed E-state index contributed by atoms with van der Waals surface area (Å²) in [6, 6.07) is 3.29. The Morgan fingerprint density at radius 1 is 1.48 bits per heavy atom. The normalized spacial score (nSPS) is 12.7. The van der Waals surface area contributed by atoms with E-state index in [4.69, 9.17) is 5.11 Å². The quantitative estimate of drug-likeness (QED) is 0.482. The summed E-state index contributed by atoms with van der Waals surface area (Å²) in [7, 11) is -2.94. The lowest BCUT2D eigenvalue weighted by Gasteiger charge is -2.12. The second-order valence-electron chi connectivity index (χ2n) is 4.19. The molecule has 1 aromatic carbocycles. The van der Waals surface area contributed by atoms with Crippen molar-refractivity contribution in [2.75, 3.05) is 13.6 Å². The van der Waals surface area contributed by atoms with Gasteiger partial charge in [0.15, 0.2) is 0 Å². The fourth-order valence-corrected chi connectivity index (χ4v) is 2.90. The number of nitro benzene ring substituents is 1. The summed E-state index contributed by atoms with van der Waals surface area (Å²) in [4.78, 5) is 21.4. The number of rotatable bonds is 6. The molecule has 0 aromatic heterocycles. The molecule has 0 aliphatic heterocycles. The zero-order valence-corrected chi connectivity index (χ0v) is 12.2. The van der Waals surface area contributed by atoms with E-state index in [1.807, 2.05) is 0 Å². The lowest BCUT2D eigenvalue weighted by atomic mass is 10.1.